The summed E-state index contributed by atoms with van der Waals surface area (Å²) >= 11 is 0. The topological polar surface area (TPSA) is 99.1 Å². The third kappa shape index (κ3) is 6.66. The van der Waals surface area contributed by atoms with E-state index in [1.165, 1.54) is 18.3 Å². The van der Waals surface area contributed by atoms with Crippen molar-refractivity contribution in [3.05, 3.63) is 65.7 Å². The fraction of sp³-hybridized carbons (Fsp3) is 0.222. The van der Waals surface area contributed by atoms with Crippen LogP contribution in [0.2, 0.25) is 0 Å². The van der Waals surface area contributed by atoms with Gasteiger partial charge in [-0.2, -0.15) is 9.41 Å². The molecule has 0 saturated heterocycles. The summed E-state index contributed by atoms with van der Waals surface area (Å²) < 4.78 is 24.9. The first-order valence-corrected chi connectivity index (χ1v) is 9.79. The highest BCUT2D eigenvalue weighted by molar-refractivity contribution is 7.88. The van der Waals surface area contributed by atoms with Gasteiger partial charge in [-0.1, -0.05) is 42.5 Å². The van der Waals surface area contributed by atoms with Gasteiger partial charge in [0.15, 0.2) is 0 Å². The third-order valence-electron chi connectivity index (χ3n) is 3.55. The van der Waals surface area contributed by atoms with Crippen molar-refractivity contribution in [2.75, 3.05) is 19.3 Å². The number of amides is 1. The molecular weight excluding hydrogens is 354 g/mol. The molecule has 0 aliphatic heterocycles. The van der Waals surface area contributed by atoms with Crippen molar-refractivity contribution in [3.63, 3.8) is 0 Å². The number of hydrogen-bond acceptors (Lipinski definition) is 5. The molecular formula is C18H21N3O4S. The largest absolute Gasteiger partial charge is 0.508 e. The van der Waals surface area contributed by atoms with Crippen molar-refractivity contribution in [2.45, 2.75) is 6.42 Å². The van der Waals surface area contributed by atoms with E-state index in [1.807, 2.05) is 30.3 Å². The van der Waals surface area contributed by atoms with Gasteiger partial charge in [-0.05, 0) is 29.7 Å². The maximum Gasteiger partial charge on any atom is 0.255 e. The normalized spacial score (nSPS) is 11.8. The highest BCUT2D eigenvalue weighted by Gasteiger charge is 2.19. The molecule has 26 heavy (non-hydrogen) atoms. The number of rotatable bonds is 8. The molecule has 0 aliphatic carbocycles. The van der Waals surface area contributed by atoms with Gasteiger partial charge in [0.1, 0.15) is 5.75 Å². The zero-order valence-electron chi connectivity index (χ0n) is 14.4. The zero-order chi connectivity index (χ0) is 19.0. The maximum atomic E-state index is 12.0. The molecule has 0 aliphatic rings. The number of aromatic hydroxyl groups is 1. The van der Waals surface area contributed by atoms with E-state index in [0.717, 1.165) is 16.1 Å². The Kier molecular flexibility index (Phi) is 6.88. The average Bonchev–Trinajstić information content (AvgIpc) is 2.58. The van der Waals surface area contributed by atoms with Gasteiger partial charge in [-0.3, -0.25) is 4.79 Å². The Labute approximate surface area is 153 Å². The Morgan fingerprint density at radius 2 is 1.92 bits per heavy atom. The van der Waals surface area contributed by atoms with Crippen LogP contribution in [0.3, 0.4) is 0 Å². The number of nitrogens with zero attached hydrogens (tertiary/aromatic N) is 2. The standard InChI is InChI=1S/C18H21N3O4S/c1-26(24,25)21(11-10-15-6-3-2-4-7-15)14-18(23)20-19-13-16-8-5-9-17(22)12-16/h2-9,12-13,22H,10-11,14H2,1H3,(H,20,23). The lowest BCUT2D eigenvalue weighted by Gasteiger charge is -2.18. The van der Waals surface area contributed by atoms with Crippen molar-refractivity contribution in [3.8, 4) is 5.75 Å². The van der Waals surface area contributed by atoms with Gasteiger partial charge >= 0.3 is 0 Å². The summed E-state index contributed by atoms with van der Waals surface area (Å²) in [4.78, 5) is 12.0. The Bertz CT molecular complexity index is 867. The van der Waals surface area contributed by atoms with E-state index in [4.69, 9.17) is 0 Å². The molecule has 0 bridgehead atoms. The van der Waals surface area contributed by atoms with Crippen LogP contribution in [0, 0.1) is 0 Å². The average molecular weight is 375 g/mol. The lowest BCUT2D eigenvalue weighted by molar-refractivity contribution is -0.121. The van der Waals surface area contributed by atoms with Crippen LogP contribution in [0.25, 0.3) is 0 Å². The van der Waals surface area contributed by atoms with E-state index in [2.05, 4.69) is 10.5 Å². The summed E-state index contributed by atoms with van der Waals surface area (Å²) in [5.41, 5.74) is 3.89. The summed E-state index contributed by atoms with van der Waals surface area (Å²) in [6.45, 7) is -0.115. The summed E-state index contributed by atoms with van der Waals surface area (Å²) in [5, 5.41) is 13.1. The van der Waals surface area contributed by atoms with Crippen LogP contribution >= 0.6 is 0 Å². The third-order valence-corrected chi connectivity index (χ3v) is 4.80. The maximum absolute atomic E-state index is 12.0. The number of carbonyl (C=O) groups excluding carboxylic acids is 1. The first-order valence-electron chi connectivity index (χ1n) is 7.94. The minimum atomic E-state index is -3.53. The van der Waals surface area contributed by atoms with Crippen LogP contribution in [-0.4, -0.2) is 49.3 Å². The number of carbonyl (C=O) groups is 1. The Morgan fingerprint density at radius 1 is 1.19 bits per heavy atom. The van der Waals surface area contributed by atoms with Gasteiger partial charge in [0.05, 0.1) is 19.0 Å². The fourth-order valence-electron chi connectivity index (χ4n) is 2.24. The second-order valence-electron chi connectivity index (χ2n) is 5.72. The summed E-state index contributed by atoms with van der Waals surface area (Å²) in [5.74, 6) is -0.454. The van der Waals surface area contributed by atoms with Crippen LogP contribution in [-0.2, 0) is 21.2 Å². The van der Waals surface area contributed by atoms with Crippen molar-refractivity contribution in [2.24, 2.45) is 5.10 Å². The predicted molar refractivity (Wildman–Crippen MR) is 100 cm³/mol. The smallest absolute Gasteiger partial charge is 0.255 e. The number of sulfonamides is 1. The Morgan fingerprint density at radius 3 is 2.58 bits per heavy atom. The van der Waals surface area contributed by atoms with E-state index in [9.17, 15) is 18.3 Å². The van der Waals surface area contributed by atoms with Crippen molar-refractivity contribution < 1.29 is 18.3 Å². The van der Waals surface area contributed by atoms with Crippen LogP contribution < -0.4 is 5.43 Å². The van der Waals surface area contributed by atoms with Crippen molar-refractivity contribution in [1.29, 1.82) is 0 Å². The molecule has 0 heterocycles. The minimum absolute atomic E-state index is 0.0874. The number of hydrogen-bond donors (Lipinski definition) is 2. The summed E-state index contributed by atoms with van der Waals surface area (Å²) in [6.07, 6.45) is 2.95. The molecule has 1 amide bonds. The van der Waals surface area contributed by atoms with Crippen LogP contribution in [0.1, 0.15) is 11.1 Å². The van der Waals surface area contributed by atoms with Gasteiger partial charge in [0, 0.05) is 6.54 Å². The van der Waals surface area contributed by atoms with E-state index in [1.54, 1.807) is 12.1 Å². The molecule has 2 aromatic rings. The SMILES string of the molecule is CS(=O)(=O)N(CCc1ccccc1)CC(=O)NN=Cc1cccc(O)c1. The first-order chi connectivity index (χ1) is 12.3. The van der Waals surface area contributed by atoms with Gasteiger partial charge in [-0.15, -0.1) is 0 Å². The quantitative estimate of drug-likeness (QED) is 0.537. The van der Waals surface area contributed by atoms with E-state index in [-0.39, 0.29) is 18.8 Å². The molecule has 7 nitrogen and oxygen atoms in total. The molecule has 0 fully saturated rings. The van der Waals surface area contributed by atoms with Gasteiger partial charge in [0.25, 0.3) is 5.91 Å². The number of hydrazone groups is 1. The number of benzene rings is 2. The highest BCUT2D eigenvalue weighted by atomic mass is 32.2. The first kappa shape index (κ1) is 19.6. The van der Waals surface area contributed by atoms with Crippen molar-refractivity contribution >= 4 is 22.1 Å². The summed E-state index contributed by atoms with van der Waals surface area (Å²) in [7, 11) is -3.53. The molecule has 138 valence electrons. The van der Waals surface area contributed by atoms with Crippen molar-refractivity contribution in [1.82, 2.24) is 9.73 Å². The summed E-state index contributed by atoms with van der Waals surface area (Å²) in [6, 6.07) is 15.8. The molecule has 0 atom stereocenters. The molecule has 0 aromatic heterocycles. The molecule has 0 spiro atoms. The molecule has 2 N–H and O–H groups in total. The second-order valence-corrected chi connectivity index (χ2v) is 7.70. The molecule has 0 saturated carbocycles. The predicted octanol–water partition coefficient (Wildman–Crippen LogP) is 1.35. The van der Waals surface area contributed by atoms with E-state index in [0.29, 0.717) is 12.0 Å². The number of phenolic OH excluding ortho intramolecular Hbond substituents is 1. The van der Waals surface area contributed by atoms with E-state index < -0.39 is 15.9 Å². The van der Waals surface area contributed by atoms with Gasteiger partial charge in [-0.25, -0.2) is 13.8 Å². The molecule has 0 unspecified atom stereocenters. The monoisotopic (exact) mass is 375 g/mol. The Hall–Kier alpha value is -2.71. The molecule has 0 radical (unpaired) electrons. The van der Waals surface area contributed by atoms with Gasteiger partial charge < -0.3 is 5.11 Å². The van der Waals surface area contributed by atoms with Crippen LogP contribution in [0.5, 0.6) is 5.75 Å². The lowest BCUT2D eigenvalue weighted by Crippen LogP contribution is -2.40. The highest BCUT2D eigenvalue weighted by Crippen LogP contribution is 2.08. The van der Waals surface area contributed by atoms with Gasteiger partial charge in [0.2, 0.25) is 10.0 Å². The minimum Gasteiger partial charge on any atom is -0.508 e. The second kappa shape index (κ2) is 9.12. The van der Waals surface area contributed by atoms with Crippen LogP contribution in [0.4, 0.5) is 0 Å². The lowest BCUT2D eigenvalue weighted by atomic mass is 10.1. The van der Waals surface area contributed by atoms with E-state index >= 15 is 0 Å². The zero-order valence-corrected chi connectivity index (χ0v) is 15.2. The fourth-order valence-corrected chi connectivity index (χ4v) is 3.01. The molecule has 2 rings (SSSR count). The molecule has 2 aromatic carbocycles. The number of phenols is 1. The Balaban J connectivity index is 1.91. The molecule has 8 heteroatoms. The number of nitrogens with one attached hydrogen (secondary N) is 1. The van der Waals surface area contributed by atoms with Crippen LogP contribution in [0.15, 0.2) is 59.7 Å².